The first kappa shape index (κ1) is 12.2. The van der Waals surface area contributed by atoms with E-state index >= 15 is 0 Å². The zero-order valence-corrected chi connectivity index (χ0v) is 8.45. The third-order valence-corrected chi connectivity index (χ3v) is 1.36. The molecule has 14 heavy (non-hydrogen) atoms. The van der Waals surface area contributed by atoms with Gasteiger partial charge in [0.05, 0.1) is 0 Å². The minimum Gasteiger partial charge on any atom is -0.508 e. The molecule has 0 aliphatic carbocycles. The molecular formula is C11H15NO2. The van der Waals surface area contributed by atoms with Gasteiger partial charge in [-0.1, -0.05) is 6.08 Å². The van der Waals surface area contributed by atoms with E-state index in [0.717, 1.165) is 0 Å². The predicted octanol–water partition coefficient (Wildman–Crippen LogP) is 1.94. The number of phenols is 1. The van der Waals surface area contributed by atoms with Crippen LogP contribution in [0, 0.1) is 0 Å². The van der Waals surface area contributed by atoms with E-state index in [0.29, 0.717) is 5.56 Å². The summed E-state index contributed by atoms with van der Waals surface area (Å²) in [6.07, 6.45) is 1.75. The maximum absolute atomic E-state index is 10.9. The summed E-state index contributed by atoms with van der Waals surface area (Å²) in [5.41, 5.74) is 0.547. The number of allylic oxidation sites excluding steroid dienone is 1. The van der Waals surface area contributed by atoms with Crippen LogP contribution in [0.5, 0.6) is 5.75 Å². The molecule has 3 nitrogen and oxygen atoms in total. The minimum atomic E-state index is -0.148. The molecule has 0 aliphatic rings. The van der Waals surface area contributed by atoms with Crippen LogP contribution < -0.4 is 5.32 Å². The SMILES string of the molecule is C=CC.CNC(=O)c1ccc(O)cc1. The van der Waals surface area contributed by atoms with Gasteiger partial charge in [0.1, 0.15) is 5.75 Å². The number of nitrogens with one attached hydrogen (secondary N) is 1. The van der Waals surface area contributed by atoms with Crippen molar-refractivity contribution in [3.63, 3.8) is 0 Å². The Hall–Kier alpha value is -1.77. The first-order chi connectivity index (χ1) is 6.65. The Morgan fingerprint density at radius 2 is 1.86 bits per heavy atom. The van der Waals surface area contributed by atoms with E-state index < -0.39 is 0 Å². The number of amides is 1. The van der Waals surface area contributed by atoms with Crippen LogP contribution in [-0.4, -0.2) is 18.1 Å². The lowest BCUT2D eigenvalue weighted by molar-refractivity contribution is 0.0963. The number of benzene rings is 1. The molecule has 1 aromatic rings. The summed E-state index contributed by atoms with van der Waals surface area (Å²) in [4.78, 5) is 10.9. The van der Waals surface area contributed by atoms with E-state index in [9.17, 15) is 4.79 Å². The normalized spacial score (nSPS) is 8.14. The Morgan fingerprint density at radius 3 is 2.21 bits per heavy atom. The predicted molar refractivity (Wildman–Crippen MR) is 57.4 cm³/mol. The number of carbonyl (C=O) groups excluding carboxylic acids is 1. The van der Waals surface area contributed by atoms with Crippen LogP contribution in [0.1, 0.15) is 17.3 Å². The molecule has 0 saturated carbocycles. The van der Waals surface area contributed by atoms with Crippen molar-refractivity contribution < 1.29 is 9.90 Å². The molecule has 1 aromatic carbocycles. The van der Waals surface area contributed by atoms with Crippen molar-refractivity contribution in [2.75, 3.05) is 7.05 Å². The quantitative estimate of drug-likeness (QED) is 0.670. The first-order valence-electron chi connectivity index (χ1n) is 4.23. The standard InChI is InChI=1S/C8H9NO2.C3H6/c1-9-8(11)6-2-4-7(10)5-3-6;1-3-2/h2-5,10H,1H3,(H,9,11);3H,1H2,2H3. The fourth-order valence-corrected chi connectivity index (χ4v) is 0.757. The minimum absolute atomic E-state index is 0.148. The highest BCUT2D eigenvalue weighted by atomic mass is 16.3. The summed E-state index contributed by atoms with van der Waals surface area (Å²) in [6.45, 7) is 5.25. The van der Waals surface area contributed by atoms with Crippen LogP contribution in [0.4, 0.5) is 0 Å². The number of carbonyl (C=O) groups is 1. The van der Waals surface area contributed by atoms with Crippen molar-refractivity contribution in [3.05, 3.63) is 42.5 Å². The Morgan fingerprint density at radius 1 is 1.43 bits per heavy atom. The molecule has 1 amide bonds. The highest BCUT2D eigenvalue weighted by Gasteiger charge is 2.00. The third-order valence-electron chi connectivity index (χ3n) is 1.36. The number of hydrogen-bond donors (Lipinski definition) is 2. The van der Waals surface area contributed by atoms with Crippen molar-refractivity contribution in [1.82, 2.24) is 5.32 Å². The van der Waals surface area contributed by atoms with Gasteiger partial charge in [0.15, 0.2) is 0 Å². The molecule has 76 valence electrons. The van der Waals surface area contributed by atoms with Gasteiger partial charge in [-0.2, -0.15) is 0 Å². The van der Waals surface area contributed by atoms with Crippen molar-refractivity contribution in [1.29, 1.82) is 0 Å². The van der Waals surface area contributed by atoms with Crippen LogP contribution in [0.15, 0.2) is 36.9 Å². The zero-order chi connectivity index (χ0) is 11.0. The molecule has 0 atom stereocenters. The van der Waals surface area contributed by atoms with Crippen molar-refractivity contribution in [2.45, 2.75) is 6.92 Å². The maximum Gasteiger partial charge on any atom is 0.251 e. The fourth-order valence-electron chi connectivity index (χ4n) is 0.757. The number of hydrogen-bond acceptors (Lipinski definition) is 2. The molecule has 0 unspecified atom stereocenters. The second-order valence-corrected chi connectivity index (χ2v) is 2.53. The maximum atomic E-state index is 10.9. The number of aromatic hydroxyl groups is 1. The van der Waals surface area contributed by atoms with E-state index in [2.05, 4.69) is 11.9 Å². The van der Waals surface area contributed by atoms with Crippen LogP contribution in [0.25, 0.3) is 0 Å². The lowest BCUT2D eigenvalue weighted by Gasteiger charge is -1.97. The van der Waals surface area contributed by atoms with Crippen molar-refractivity contribution in [2.24, 2.45) is 0 Å². The Labute approximate surface area is 84.1 Å². The number of rotatable bonds is 1. The highest BCUT2D eigenvalue weighted by molar-refractivity contribution is 5.93. The largest absolute Gasteiger partial charge is 0.508 e. The van der Waals surface area contributed by atoms with E-state index in [1.54, 1.807) is 25.3 Å². The molecule has 0 bridgehead atoms. The van der Waals surface area contributed by atoms with E-state index in [4.69, 9.17) is 5.11 Å². The molecule has 0 aromatic heterocycles. The second-order valence-electron chi connectivity index (χ2n) is 2.53. The Bertz CT molecular complexity index is 291. The average molecular weight is 193 g/mol. The van der Waals surface area contributed by atoms with Gasteiger partial charge in [-0.05, 0) is 31.2 Å². The van der Waals surface area contributed by atoms with Gasteiger partial charge >= 0.3 is 0 Å². The summed E-state index contributed by atoms with van der Waals surface area (Å²) in [5, 5.41) is 11.4. The summed E-state index contributed by atoms with van der Waals surface area (Å²) in [6, 6.07) is 6.08. The summed E-state index contributed by atoms with van der Waals surface area (Å²) in [7, 11) is 1.56. The summed E-state index contributed by atoms with van der Waals surface area (Å²) < 4.78 is 0. The van der Waals surface area contributed by atoms with Gasteiger partial charge in [-0.15, -0.1) is 6.58 Å². The van der Waals surface area contributed by atoms with Gasteiger partial charge in [0, 0.05) is 12.6 Å². The lowest BCUT2D eigenvalue weighted by atomic mass is 10.2. The number of phenolic OH excluding ortho intramolecular Hbond substituents is 1. The fraction of sp³-hybridized carbons (Fsp3) is 0.182. The molecule has 0 aliphatic heterocycles. The van der Waals surface area contributed by atoms with Crippen LogP contribution >= 0.6 is 0 Å². The van der Waals surface area contributed by atoms with Gasteiger partial charge < -0.3 is 10.4 Å². The van der Waals surface area contributed by atoms with Crippen LogP contribution in [0.2, 0.25) is 0 Å². The second kappa shape index (κ2) is 6.71. The molecule has 2 N–H and O–H groups in total. The molecule has 0 saturated heterocycles. The smallest absolute Gasteiger partial charge is 0.251 e. The van der Waals surface area contributed by atoms with E-state index in [1.807, 2.05) is 6.92 Å². The van der Waals surface area contributed by atoms with Gasteiger partial charge in [0.25, 0.3) is 5.91 Å². The lowest BCUT2D eigenvalue weighted by Crippen LogP contribution is -2.17. The molecule has 0 spiro atoms. The average Bonchev–Trinajstić information content (AvgIpc) is 2.19. The molecular weight excluding hydrogens is 178 g/mol. The zero-order valence-electron chi connectivity index (χ0n) is 8.45. The monoisotopic (exact) mass is 193 g/mol. The van der Waals surface area contributed by atoms with Crippen molar-refractivity contribution >= 4 is 5.91 Å². The van der Waals surface area contributed by atoms with E-state index in [1.165, 1.54) is 12.1 Å². The molecule has 0 heterocycles. The van der Waals surface area contributed by atoms with Crippen molar-refractivity contribution in [3.8, 4) is 5.75 Å². The van der Waals surface area contributed by atoms with Crippen LogP contribution in [-0.2, 0) is 0 Å². The molecule has 0 fully saturated rings. The summed E-state index contributed by atoms with van der Waals surface area (Å²) in [5.74, 6) is 0.0163. The van der Waals surface area contributed by atoms with Gasteiger partial charge in [0.2, 0.25) is 0 Å². The first-order valence-corrected chi connectivity index (χ1v) is 4.23. The van der Waals surface area contributed by atoms with Gasteiger partial charge in [-0.3, -0.25) is 4.79 Å². The third kappa shape index (κ3) is 4.30. The Kier molecular flexibility index (Phi) is 5.87. The summed E-state index contributed by atoms with van der Waals surface area (Å²) >= 11 is 0. The topological polar surface area (TPSA) is 49.3 Å². The molecule has 3 heteroatoms. The molecule has 1 rings (SSSR count). The van der Waals surface area contributed by atoms with Crippen LogP contribution in [0.3, 0.4) is 0 Å². The Balaban J connectivity index is 0.000000500. The highest BCUT2D eigenvalue weighted by Crippen LogP contribution is 2.08. The van der Waals surface area contributed by atoms with E-state index in [-0.39, 0.29) is 11.7 Å². The molecule has 0 radical (unpaired) electrons. The van der Waals surface area contributed by atoms with Gasteiger partial charge in [-0.25, -0.2) is 0 Å².